The summed E-state index contributed by atoms with van der Waals surface area (Å²) in [7, 11) is 0. The summed E-state index contributed by atoms with van der Waals surface area (Å²) in [6.07, 6.45) is 0.231. The topological polar surface area (TPSA) is 105 Å². The number of hydrogen-bond donors (Lipinski definition) is 0. The molecule has 0 amide bonds. The van der Waals surface area contributed by atoms with Gasteiger partial charge in [-0.05, 0) is 19.9 Å². The normalized spacial score (nSPS) is 16.3. The number of rotatable bonds is 5. The van der Waals surface area contributed by atoms with Crippen molar-refractivity contribution in [3.63, 3.8) is 0 Å². The quantitative estimate of drug-likeness (QED) is 0.269. The highest BCUT2D eigenvalue weighted by Gasteiger charge is 2.29. The van der Waals surface area contributed by atoms with E-state index in [1.54, 1.807) is 0 Å². The predicted molar refractivity (Wildman–Crippen MR) is 77.8 cm³/mol. The number of cyclic esters (lactones) is 1. The Morgan fingerprint density at radius 2 is 2.13 bits per heavy atom. The number of nitro benzene ring substituents is 1. The Morgan fingerprint density at radius 3 is 2.65 bits per heavy atom. The van der Waals surface area contributed by atoms with E-state index in [4.69, 9.17) is 14.2 Å². The van der Waals surface area contributed by atoms with E-state index in [-0.39, 0.29) is 17.1 Å². The first-order valence-electron chi connectivity index (χ1n) is 6.50. The van der Waals surface area contributed by atoms with Crippen molar-refractivity contribution in [3.05, 3.63) is 52.1 Å². The molecule has 2 rings (SSSR count). The molecule has 1 aliphatic rings. The van der Waals surface area contributed by atoms with Crippen LogP contribution in [0.1, 0.15) is 13.8 Å². The molecule has 8 heteroatoms. The summed E-state index contributed by atoms with van der Waals surface area (Å²) in [6.45, 7) is 6.39. The highest BCUT2D eigenvalue weighted by Crippen LogP contribution is 2.38. The number of nitro groups is 1. The number of ether oxygens (including phenoxy) is 3. The van der Waals surface area contributed by atoms with Crippen molar-refractivity contribution in [2.24, 2.45) is 0 Å². The second-order valence-corrected chi connectivity index (χ2v) is 4.77. The second kappa shape index (κ2) is 6.30. The fraction of sp³-hybridized carbons (Fsp3) is 0.200. The molecule has 23 heavy (non-hydrogen) atoms. The summed E-state index contributed by atoms with van der Waals surface area (Å²) in [5.41, 5.74) is 0.00516. The van der Waals surface area contributed by atoms with Gasteiger partial charge in [0.2, 0.25) is 5.75 Å². The molecule has 0 bridgehead atoms. The van der Waals surface area contributed by atoms with Crippen LogP contribution in [0.25, 0.3) is 0 Å². The number of esters is 2. The molecule has 0 aromatic heterocycles. The molecule has 1 atom stereocenters. The smallest absolute Gasteiger partial charge is 0.338 e. The van der Waals surface area contributed by atoms with Crippen molar-refractivity contribution in [1.82, 2.24) is 0 Å². The maximum absolute atomic E-state index is 11.6. The Morgan fingerprint density at radius 1 is 1.43 bits per heavy atom. The molecule has 0 N–H and O–H groups in total. The first-order chi connectivity index (χ1) is 10.8. The highest BCUT2D eigenvalue weighted by atomic mass is 16.7. The van der Waals surface area contributed by atoms with Gasteiger partial charge in [0.05, 0.1) is 4.92 Å². The zero-order valence-corrected chi connectivity index (χ0v) is 12.4. The number of nitrogens with zero attached hydrogens (tertiary/aromatic N) is 1. The molecule has 0 aliphatic carbocycles. The number of carbonyl (C=O) groups excluding carboxylic acids is 2. The molecule has 0 saturated carbocycles. The molecular formula is C15H13NO7. The van der Waals surface area contributed by atoms with Crippen LogP contribution in [-0.4, -0.2) is 23.2 Å². The number of hydrogen-bond acceptors (Lipinski definition) is 7. The molecule has 0 spiro atoms. The Balaban J connectivity index is 2.38. The minimum Gasteiger partial charge on any atom is -0.440 e. The number of para-hydroxylation sites is 1. The van der Waals surface area contributed by atoms with Gasteiger partial charge in [-0.3, -0.25) is 10.1 Å². The highest BCUT2D eigenvalue weighted by molar-refractivity contribution is 5.90. The van der Waals surface area contributed by atoms with Crippen LogP contribution in [0, 0.1) is 10.1 Å². The van der Waals surface area contributed by atoms with Gasteiger partial charge in [-0.2, -0.15) is 0 Å². The van der Waals surface area contributed by atoms with Crippen LogP contribution in [0.15, 0.2) is 42.0 Å². The average molecular weight is 319 g/mol. The van der Waals surface area contributed by atoms with Crippen molar-refractivity contribution in [2.45, 2.75) is 20.1 Å². The Labute approximate surface area is 131 Å². The molecule has 0 fully saturated rings. The van der Waals surface area contributed by atoms with Gasteiger partial charge in [0.15, 0.2) is 5.75 Å². The Kier molecular flexibility index (Phi) is 4.44. The second-order valence-electron chi connectivity index (χ2n) is 4.77. The summed E-state index contributed by atoms with van der Waals surface area (Å²) in [4.78, 5) is 33.4. The minimum absolute atomic E-state index is 0.116. The minimum atomic E-state index is -1.13. The van der Waals surface area contributed by atoms with Crippen LogP contribution in [-0.2, 0) is 14.3 Å². The lowest BCUT2D eigenvalue weighted by molar-refractivity contribution is -0.386. The van der Waals surface area contributed by atoms with Crippen LogP contribution in [0.4, 0.5) is 5.69 Å². The summed E-state index contributed by atoms with van der Waals surface area (Å²) < 4.78 is 15.3. The van der Waals surface area contributed by atoms with Crippen LogP contribution in [0.5, 0.6) is 11.5 Å². The molecule has 1 aliphatic heterocycles. The van der Waals surface area contributed by atoms with E-state index in [0.717, 1.165) is 0 Å². The van der Waals surface area contributed by atoms with E-state index in [1.807, 2.05) is 0 Å². The third-order valence-corrected chi connectivity index (χ3v) is 2.87. The predicted octanol–water partition coefficient (Wildman–Crippen LogP) is 2.28. The third kappa shape index (κ3) is 3.54. The van der Waals surface area contributed by atoms with Gasteiger partial charge in [0, 0.05) is 23.3 Å². The maximum Gasteiger partial charge on any atom is 0.338 e. The molecular weight excluding hydrogens is 306 g/mol. The molecule has 1 unspecified atom stereocenters. The van der Waals surface area contributed by atoms with Gasteiger partial charge in [0.25, 0.3) is 6.29 Å². The summed E-state index contributed by atoms with van der Waals surface area (Å²) >= 11 is 0. The molecule has 1 heterocycles. The van der Waals surface area contributed by atoms with Gasteiger partial charge in [-0.25, -0.2) is 9.59 Å². The fourth-order valence-corrected chi connectivity index (χ4v) is 1.71. The van der Waals surface area contributed by atoms with E-state index in [9.17, 15) is 19.7 Å². The molecule has 1 aromatic rings. The molecule has 1 aromatic carbocycles. The number of benzene rings is 1. The lowest BCUT2D eigenvalue weighted by atomic mass is 10.2. The van der Waals surface area contributed by atoms with Gasteiger partial charge >= 0.3 is 17.6 Å². The van der Waals surface area contributed by atoms with Crippen LogP contribution < -0.4 is 9.47 Å². The Hall–Kier alpha value is -3.16. The van der Waals surface area contributed by atoms with E-state index in [2.05, 4.69) is 6.58 Å². The van der Waals surface area contributed by atoms with E-state index in [1.165, 1.54) is 38.1 Å². The average Bonchev–Trinajstić information content (AvgIpc) is 2.78. The molecule has 120 valence electrons. The Bertz CT molecular complexity index is 735. The first-order valence-corrected chi connectivity index (χ1v) is 6.50. The van der Waals surface area contributed by atoms with E-state index in [0.29, 0.717) is 5.57 Å². The summed E-state index contributed by atoms with van der Waals surface area (Å²) in [5, 5.41) is 11.1. The molecule has 0 saturated heterocycles. The van der Waals surface area contributed by atoms with Crippen LogP contribution in [0.2, 0.25) is 0 Å². The van der Waals surface area contributed by atoms with Gasteiger partial charge < -0.3 is 14.2 Å². The molecule has 8 nitrogen and oxygen atoms in total. The first kappa shape index (κ1) is 16.2. The third-order valence-electron chi connectivity index (χ3n) is 2.87. The summed E-state index contributed by atoms with van der Waals surface area (Å²) in [5.74, 6) is -1.82. The van der Waals surface area contributed by atoms with E-state index >= 15 is 0 Å². The zero-order chi connectivity index (χ0) is 17.1. The van der Waals surface area contributed by atoms with Gasteiger partial charge in [-0.15, -0.1) is 0 Å². The van der Waals surface area contributed by atoms with Crippen molar-refractivity contribution in [3.8, 4) is 11.5 Å². The van der Waals surface area contributed by atoms with Crippen LogP contribution in [0.3, 0.4) is 0 Å². The SMILES string of the molecule is C=C(C)C(=O)Oc1cccc([N+](=O)[O-])c1OC1C=C(C)C(=O)O1. The van der Waals surface area contributed by atoms with Crippen LogP contribution >= 0.6 is 0 Å². The lowest BCUT2D eigenvalue weighted by Crippen LogP contribution is -2.18. The van der Waals surface area contributed by atoms with E-state index < -0.39 is 28.8 Å². The standard InChI is InChI=1S/C15H13NO7/c1-8(2)14(17)21-11-6-4-5-10(16(19)20)13(11)22-12-7-9(3)15(18)23-12/h4-7,12H,1H2,2-3H3. The molecule has 0 radical (unpaired) electrons. The maximum atomic E-state index is 11.6. The van der Waals surface area contributed by atoms with Crippen molar-refractivity contribution in [2.75, 3.05) is 0 Å². The van der Waals surface area contributed by atoms with Crippen molar-refractivity contribution in [1.29, 1.82) is 0 Å². The summed E-state index contributed by atoms with van der Waals surface area (Å²) in [6, 6.07) is 3.85. The number of carbonyl (C=O) groups is 2. The van der Waals surface area contributed by atoms with Gasteiger partial charge in [-0.1, -0.05) is 12.6 Å². The largest absolute Gasteiger partial charge is 0.440 e. The monoisotopic (exact) mass is 319 g/mol. The van der Waals surface area contributed by atoms with Crippen molar-refractivity contribution < 1.29 is 28.7 Å². The lowest BCUT2D eigenvalue weighted by Gasteiger charge is -2.14. The van der Waals surface area contributed by atoms with Crippen molar-refractivity contribution >= 4 is 17.6 Å². The zero-order valence-electron chi connectivity index (χ0n) is 12.4. The van der Waals surface area contributed by atoms with Gasteiger partial charge in [0.1, 0.15) is 0 Å². The fourth-order valence-electron chi connectivity index (χ4n) is 1.71.